The van der Waals surface area contributed by atoms with Gasteiger partial charge in [-0.25, -0.2) is 14.6 Å². The molecule has 0 bridgehead atoms. The Morgan fingerprint density at radius 1 is 1.33 bits per heavy atom. The molecule has 1 rings (SSSR count). The summed E-state index contributed by atoms with van der Waals surface area (Å²) >= 11 is 0. The summed E-state index contributed by atoms with van der Waals surface area (Å²) in [6.07, 6.45) is -0.253. The van der Waals surface area contributed by atoms with Crippen molar-refractivity contribution in [2.24, 2.45) is 0 Å². The van der Waals surface area contributed by atoms with E-state index in [9.17, 15) is 9.59 Å². The normalized spacial score (nSPS) is 25.5. The average Bonchev–Trinajstić information content (AvgIpc) is 2.77. The molecule has 0 aromatic rings. The van der Waals surface area contributed by atoms with E-state index in [2.05, 4.69) is 15.5 Å². The summed E-state index contributed by atoms with van der Waals surface area (Å²) in [5, 5.41) is 5.75. The Morgan fingerprint density at radius 3 is 2.52 bits per heavy atom. The topological polar surface area (TPSA) is 95.1 Å². The van der Waals surface area contributed by atoms with Crippen LogP contribution in [0.5, 0.6) is 0 Å². The smallest absolute Gasteiger partial charge is 0.408 e. The van der Waals surface area contributed by atoms with Gasteiger partial charge in [0.1, 0.15) is 18.2 Å². The van der Waals surface area contributed by atoms with E-state index in [0.717, 1.165) is 0 Å². The first kappa shape index (κ1) is 17.7. The first-order chi connectivity index (χ1) is 9.71. The van der Waals surface area contributed by atoms with E-state index in [1.165, 1.54) is 14.2 Å². The Morgan fingerprint density at radius 2 is 2.00 bits per heavy atom. The monoisotopic (exact) mass is 304 g/mol. The molecule has 2 atom stereocenters. The van der Waals surface area contributed by atoms with Crippen LogP contribution in [0.25, 0.3) is 0 Å². The fourth-order valence-corrected chi connectivity index (χ4v) is 2.10. The maximum absolute atomic E-state index is 12.0. The highest BCUT2D eigenvalue weighted by atomic mass is 17.2. The molecule has 1 aliphatic rings. The van der Waals surface area contributed by atoms with Crippen molar-refractivity contribution in [1.82, 2.24) is 10.6 Å². The van der Waals surface area contributed by atoms with Gasteiger partial charge in [0, 0.05) is 13.0 Å². The van der Waals surface area contributed by atoms with Crippen LogP contribution in [-0.2, 0) is 24.0 Å². The summed E-state index contributed by atoms with van der Waals surface area (Å²) in [6, 6.07) is -0.509. The number of ether oxygens (including phenoxy) is 2. The van der Waals surface area contributed by atoms with Gasteiger partial charge < -0.3 is 20.1 Å². The molecule has 0 saturated carbocycles. The molecule has 0 aromatic heterocycles. The van der Waals surface area contributed by atoms with E-state index in [1.54, 1.807) is 20.8 Å². The van der Waals surface area contributed by atoms with Crippen molar-refractivity contribution in [2.45, 2.75) is 44.4 Å². The maximum Gasteiger partial charge on any atom is 0.408 e. The van der Waals surface area contributed by atoms with E-state index >= 15 is 0 Å². The summed E-state index contributed by atoms with van der Waals surface area (Å²) < 4.78 is 9.94. The molecule has 1 amide bonds. The molecule has 2 N–H and O–H groups in total. The number of esters is 1. The molecule has 122 valence electrons. The molecule has 1 saturated heterocycles. The largest absolute Gasteiger partial charge is 0.468 e. The van der Waals surface area contributed by atoms with Crippen molar-refractivity contribution in [3.05, 3.63) is 0 Å². The van der Waals surface area contributed by atoms with Crippen LogP contribution in [0.15, 0.2) is 0 Å². The second-order valence-electron chi connectivity index (χ2n) is 6.00. The van der Waals surface area contributed by atoms with Crippen LogP contribution in [0.4, 0.5) is 4.79 Å². The Balaban J connectivity index is 2.72. The van der Waals surface area contributed by atoms with Crippen LogP contribution >= 0.6 is 0 Å². The molecule has 1 aliphatic heterocycles. The standard InChI is InChI=1S/C13H24N2O6/c1-12(2,3)21-11(17)15-13(8-20-19-5)6-9(14-7-13)10(16)18-4/h9,14H,6-8H2,1-5H3,(H,15,17)/t9?,13-/m0/s1. The molecule has 0 radical (unpaired) electrons. The number of rotatable bonds is 5. The van der Waals surface area contributed by atoms with Gasteiger partial charge in [-0.2, -0.15) is 0 Å². The second kappa shape index (κ2) is 7.06. The van der Waals surface area contributed by atoms with Gasteiger partial charge in [-0.05, 0) is 20.8 Å². The van der Waals surface area contributed by atoms with Crippen LogP contribution in [-0.4, -0.2) is 56.6 Å². The molecule has 1 fully saturated rings. The van der Waals surface area contributed by atoms with E-state index < -0.39 is 23.3 Å². The Hall–Kier alpha value is -1.38. The van der Waals surface area contributed by atoms with Crippen LogP contribution in [0.3, 0.4) is 0 Å². The molecular formula is C13H24N2O6. The molecule has 0 aromatic carbocycles. The number of alkyl carbamates (subject to hydrolysis) is 1. The fraction of sp³-hybridized carbons (Fsp3) is 0.846. The third-order valence-electron chi connectivity index (χ3n) is 2.99. The highest BCUT2D eigenvalue weighted by molar-refractivity contribution is 5.77. The lowest BCUT2D eigenvalue weighted by Gasteiger charge is -2.30. The first-order valence-corrected chi connectivity index (χ1v) is 6.69. The zero-order valence-electron chi connectivity index (χ0n) is 13.1. The van der Waals surface area contributed by atoms with Crippen molar-refractivity contribution in [3.63, 3.8) is 0 Å². The Kier molecular flexibility index (Phi) is 5.94. The minimum Gasteiger partial charge on any atom is -0.468 e. The minimum atomic E-state index is -0.794. The summed E-state index contributed by atoms with van der Waals surface area (Å²) in [5.74, 6) is -0.389. The summed E-state index contributed by atoms with van der Waals surface area (Å²) in [7, 11) is 2.69. The molecule has 1 unspecified atom stereocenters. The zero-order valence-corrected chi connectivity index (χ0v) is 13.1. The molecular weight excluding hydrogens is 280 g/mol. The number of carbonyl (C=O) groups excluding carboxylic acids is 2. The van der Waals surface area contributed by atoms with Crippen LogP contribution in [0.1, 0.15) is 27.2 Å². The molecule has 21 heavy (non-hydrogen) atoms. The Bertz CT molecular complexity index is 381. The number of hydrogen-bond acceptors (Lipinski definition) is 7. The number of methoxy groups -OCH3 is 1. The molecule has 0 aliphatic carbocycles. The SMILES string of the molecule is COOC[C@@]1(NC(=O)OC(C)(C)C)CNC(C(=O)OC)C1. The van der Waals surface area contributed by atoms with Crippen molar-refractivity contribution in [1.29, 1.82) is 0 Å². The third kappa shape index (κ3) is 5.49. The first-order valence-electron chi connectivity index (χ1n) is 6.69. The summed E-state index contributed by atoms with van der Waals surface area (Å²) in [5.41, 5.74) is -1.40. The molecule has 8 heteroatoms. The highest BCUT2D eigenvalue weighted by Gasteiger charge is 2.44. The number of carbonyl (C=O) groups is 2. The number of hydrogen-bond donors (Lipinski definition) is 2. The molecule has 8 nitrogen and oxygen atoms in total. The van der Waals surface area contributed by atoms with E-state index in [1.807, 2.05) is 0 Å². The zero-order chi connectivity index (χ0) is 16.1. The quantitative estimate of drug-likeness (QED) is 0.430. The second-order valence-corrected chi connectivity index (χ2v) is 6.00. The van der Waals surface area contributed by atoms with Gasteiger partial charge in [-0.1, -0.05) is 0 Å². The van der Waals surface area contributed by atoms with Crippen LogP contribution < -0.4 is 10.6 Å². The van der Waals surface area contributed by atoms with Gasteiger partial charge in [0.15, 0.2) is 0 Å². The summed E-state index contributed by atoms with van der Waals surface area (Å²) in [6.45, 7) is 5.75. The van der Waals surface area contributed by atoms with Gasteiger partial charge in [0.05, 0.1) is 19.8 Å². The van der Waals surface area contributed by atoms with Crippen molar-refractivity contribution >= 4 is 12.1 Å². The van der Waals surface area contributed by atoms with Crippen LogP contribution in [0.2, 0.25) is 0 Å². The number of amides is 1. The van der Waals surface area contributed by atoms with Crippen molar-refractivity contribution < 1.29 is 28.8 Å². The van der Waals surface area contributed by atoms with Gasteiger partial charge in [0.25, 0.3) is 0 Å². The highest BCUT2D eigenvalue weighted by Crippen LogP contribution is 2.22. The van der Waals surface area contributed by atoms with E-state index in [4.69, 9.17) is 14.4 Å². The fourth-order valence-electron chi connectivity index (χ4n) is 2.10. The van der Waals surface area contributed by atoms with Crippen molar-refractivity contribution in [2.75, 3.05) is 27.4 Å². The third-order valence-corrected chi connectivity index (χ3v) is 2.99. The molecule has 0 spiro atoms. The van der Waals surface area contributed by atoms with Gasteiger partial charge in [-0.3, -0.25) is 4.79 Å². The van der Waals surface area contributed by atoms with Gasteiger partial charge >= 0.3 is 12.1 Å². The lowest BCUT2D eigenvalue weighted by atomic mass is 9.97. The maximum atomic E-state index is 12.0. The van der Waals surface area contributed by atoms with Gasteiger partial charge in [0.2, 0.25) is 0 Å². The van der Waals surface area contributed by atoms with Crippen LogP contribution in [0, 0.1) is 0 Å². The number of nitrogens with one attached hydrogen (secondary N) is 2. The predicted molar refractivity (Wildman–Crippen MR) is 73.5 cm³/mol. The summed E-state index contributed by atoms with van der Waals surface area (Å²) in [4.78, 5) is 33.1. The minimum absolute atomic E-state index is 0.0865. The Labute approximate surface area is 124 Å². The predicted octanol–water partition coefficient (Wildman–Crippen LogP) is 0.363. The van der Waals surface area contributed by atoms with E-state index in [0.29, 0.717) is 13.0 Å². The van der Waals surface area contributed by atoms with Crippen molar-refractivity contribution in [3.8, 4) is 0 Å². The average molecular weight is 304 g/mol. The lowest BCUT2D eigenvalue weighted by molar-refractivity contribution is -0.282. The lowest BCUT2D eigenvalue weighted by Crippen LogP contribution is -2.54. The van der Waals surface area contributed by atoms with Gasteiger partial charge in [-0.15, -0.1) is 0 Å². The van der Waals surface area contributed by atoms with E-state index in [-0.39, 0.29) is 12.6 Å². The molecule has 1 heterocycles.